The quantitative estimate of drug-likeness (QED) is 0.472. The van der Waals surface area contributed by atoms with Crippen LogP contribution in [0.5, 0.6) is 0 Å². The van der Waals surface area contributed by atoms with Gasteiger partial charge in [0, 0.05) is 0 Å². The van der Waals surface area contributed by atoms with Crippen molar-refractivity contribution in [1.29, 1.82) is 0 Å². The zero-order valence-electron chi connectivity index (χ0n) is 15.7. The molecule has 0 saturated heterocycles. The van der Waals surface area contributed by atoms with Crippen LogP contribution in [0, 0.1) is 11.8 Å². The van der Waals surface area contributed by atoms with Crippen LogP contribution in [0.4, 0.5) is 0 Å². The summed E-state index contributed by atoms with van der Waals surface area (Å²) in [6, 6.07) is 20.1. The zero-order valence-corrected chi connectivity index (χ0v) is 15.7. The first-order valence-corrected chi connectivity index (χ1v) is 9.43. The molecule has 0 heterocycles. The molecule has 0 bridgehead atoms. The van der Waals surface area contributed by atoms with Gasteiger partial charge in [0.15, 0.2) is 0 Å². The minimum atomic E-state index is -0.413. The summed E-state index contributed by atoms with van der Waals surface area (Å²) < 4.78 is 5.16. The predicted molar refractivity (Wildman–Crippen MR) is 104 cm³/mol. The standard InChI is InChI=1S/C23H28O3/c1-3-21(17-16-20-12-8-5-9-13-20)23(25)26-22(24)18(2)14-15-19-10-6-4-7-11-19/h4-13,18,21H,3,14-17H2,1-2H3. The molecule has 3 heteroatoms. The second-order valence-corrected chi connectivity index (χ2v) is 6.79. The minimum absolute atomic E-state index is 0.236. The van der Waals surface area contributed by atoms with E-state index in [1.165, 1.54) is 11.1 Å². The average Bonchev–Trinajstić information content (AvgIpc) is 2.68. The van der Waals surface area contributed by atoms with Crippen LogP contribution < -0.4 is 0 Å². The van der Waals surface area contributed by atoms with Crippen molar-refractivity contribution in [3.63, 3.8) is 0 Å². The molecule has 138 valence electrons. The lowest BCUT2D eigenvalue weighted by Crippen LogP contribution is -2.25. The summed E-state index contributed by atoms with van der Waals surface area (Å²) in [5, 5.41) is 0. The van der Waals surface area contributed by atoms with Gasteiger partial charge in [-0.1, -0.05) is 74.5 Å². The summed E-state index contributed by atoms with van der Waals surface area (Å²) in [5.74, 6) is -1.32. The first-order chi connectivity index (χ1) is 12.6. The van der Waals surface area contributed by atoms with Crippen molar-refractivity contribution < 1.29 is 14.3 Å². The van der Waals surface area contributed by atoms with Crippen molar-refractivity contribution in [2.24, 2.45) is 11.8 Å². The number of ether oxygens (including phenoxy) is 1. The van der Waals surface area contributed by atoms with Gasteiger partial charge in [-0.15, -0.1) is 0 Å². The number of esters is 2. The Morgan fingerprint density at radius 1 is 0.808 bits per heavy atom. The van der Waals surface area contributed by atoms with Crippen molar-refractivity contribution in [3.05, 3.63) is 71.8 Å². The molecule has 2 aromatic rings. The maximum Gasteiger partial charge on any atom is 0.316 e. The van der Waals surface area contributed by atoms with E-state index in [1.807, 2.05) is 62.4 Å². The maximum absolute atomic E-state index is 12.3. The van der Waals surface area contributed by atoms with E-state index in [9.17, 15) is 9.59 Å². The monoisotopic (exact) mass is 352 g/mol. The normalized spacial score (nSPS) is 13.0. The van der Waals surface area contributed by atoms with Crippen molar-refractivity contribution in [2.75, 3.05) is 0 Å². The lowest BCUT2D eigenvalue weighted by molar-refractivity contribution is -0.165. The van der Waals surface area contributed by atoms with Crippen LogP contribution in [0.15, 0.2) is 60.7 Å². The molecule has 0 N–H and O–H groups in total. The Kier molecular flexibility index (Phi) is 8.07. The van der Waals surface area contributed by atoms with E-state index in [0.717, 1.165) is 12.8 Å². The maximum atomic E-state index is 12.3. The Hall–Kier alpha value is -2.42. The molecule has 2 atom stereocenters. The third-order valence-electron chi connectivity index (χ3n) is 4.76. The highest BCUT2D eigenvalue weighted by atomic mass is 16.6. The SMILES string of the molecule is CCC(CCc1ccccc1)C(=O)OC(=O)C(C)CCc1ccccc1. The molecule has 3 nitrogen and oxygen atoms in total. The van der Waals surface area contributed by atoms with Gasteiger partial charge in [-0.3, -0.25) is 9.59 Å². The second-order valence-electron chi connectivity index (χ2n) is 6.79. The second kappa shape index (κ2) is 10.5. The first-order valence-electron chi connectivity index (χ1n) is 9.43. The minimum Gasteiger partial charge on any atom is -0.393 e. The third-order valence-corrected chi connectivity index (χ3v) is 4.76. The highest BCUT2D eigenvalue weighted by molar-refractivity contribution is 5.87. The lowest BCUT2D eigenvalue weighted by atomic mass is 9.97. The van der Waals surface area contributed by atoms with E-state index >= 15 is 0 Å². The van der Waals surface area contributed by atoms with Crippen LogP contribution in [0.25, 0.3) is 0 Å². The number of rotatable bonds is 9. The van der Waals surface area contributed by atoms with Crippen LogP contribution in [0.1, 0.15) is 44.2 Å². The first kappa shape index (κ1) is 19.9. The molecule has 0 aliphatic carbocycles. The van der Waals surface area contributed by atoms with Gasteiger partial charge in [0.1, 0.15) is 0 Å². The molecule has 0 aliphatic heterocycles. The van der Waals surface area contributed by atoms with Crippen molar-refractivity contribution >= 4 is 11.9 Å². The number of hydrogen-bond acceptors (Lipinski definition) is 3. The largest absolute Gasteiger partial charge is 0.393 e. The summed E-state index contributed by atoms with van der Waals surface area (Å²) >= 11 is 0. The van der Waals surface area contributed by atoms with E-state index in [4.69, 9.17) is 4.74 Å². The Labute approximate surface area is 156 Å². The van der Waals surface area contributed by atoms with Crippen molar-refractivity contribution in [2.45, 2.75) is 46.0 Å². The summed E-state index contributed by atoms with van der Waals surface area (Å²) in [4.78, 5) is 24.6. The van der Waals surface area contributed by atoms with Crippen LogP contribution in [0.2, 0.25) is 0 Å². The Morgan fingerprint density at radius 2 is 1.31 bits per heavy atom. The van der Waals surface area contributed by atoms with Crippen molar-refractivity contribution in [1.82, 2.24) is 0 Å². The van der Waals surface area contributed by atoms with E-state index in [2.05, 4.69) is 12.1 Å². The van der Waals surface area contributed by atoms with E-state index in [-0.39, 0.29) is 17.8 Å². The summed E-state index contributed by atoms with van der Waals surface area (Å²) in [7, 11) is 0. The topological polar surface area (TPSA) is 43.4 Å². The fourth-order valence-electron chi connectivity index (χ4n) is 2.90. The number of carbonyl (C=O) groups excluding carboxylic acids is 2. The molecule has 0 saturated carbocycles. The molecule has 26 heavy (non-hydrogen) atoms. The number of carbonyl (C=O) groups is 2. The lowest BCUT2D eigenvalue weighted by Gasteiger charge is -2.15. The molecular formula is C23H28O3. The smallest absolute Gasteiger partial charge is 0.316 e. The van der Waals surface area contributed by atoms with Crippen LogP contribution >= 0.6 is 0 Å². The fourth-order valence-corrected chi connectivity index (χ4v) is 2.90. The zero-order chi connectivity index (χ0) is 18.8. The van der Waals surface area contributed by atoms with E-state index in [1.54, 1.807) is 0 Å². The molecule has 2 aromatic carbocycles. The molecule has 0 radical (unpaired) electrons. The Bertz CT molecular complexity index is 679. The van der Waals surface area contributed by atoms with E-state index < -0.39 is 5.97 Å². The summed E-state index contributed by atoms with van der Waals surface area (Å²) in [5.41, 5.74) is 2.38. The van der Waals surface area contributed by atoms with Crippen molar-refractivity contribution in [3.8, 4) is 0 Å². The molecular weight excluding hydrogens is 324 g/mol. The molecule has 0 fully saturated rings. The van der Waals surface area contributed by atoms with Crippen LogP contribution in [-0.2, 0) is 27.2 Å². The number of aryl methyl sites for hydroxylation is 2. The molecule has 2 unspecified atom stereocenters. The fraction of sp³-hybridized carbons (Fsp3) is 0.391. The summed E-state index contributed by atoms with van der Waals surface area (Å²) in [6.07, 6.45) is 3.67. The van der Waals surface area contributed by atoms with Gasteiger partial charge in [0.25, 0.3) is 0 Å². The van der Waals surface area contributed by atoms with Gasteiger partial charge >= 0.3 is 11.9 Å². The predicted octanol–water partition coefficient (Wildman–Crippen LogP) is 4.98. The van der Waals surface area contributed by atoms with Gasteiger partial charge in [-0.25, -0.2) is 0 Å². The van der Waals surface area contributed by atoms with Crippen LogP contribution in [-0.4, -0.2) is 11.9 Å². The highest BCUT2D eigenvalue weighted by Gasteiger charge is 2.24. The van der Waals surface area contributed by atoms with Gasteiger partial charge in [0.05, 0.1) is 11.8 Å². The average molecular weight is 352 g/mol. The van der Waals surface area contributed by atoms with Gasteiger partial charge in [-0.2, -0.15) is 0 Å². The third kappa shape index (κ3) is 6.47. The molecule has 0 aliphatic rings. The number of benzene rings is 2. The van der Waals surface area contributed by atoms with Gasteiger partial charge in [0.2, 0.25) is 0 Å². The van der Waals surface area contributed by atoms with Gasteiger partial charge in [-0.05, 0) is 43.2 Å². The van der Waals surface area contributed by atoms with Gasteiger partial charge < -0.3 is 4.74 Å². The van der Waals surface area contributed by atoms with E-state index in [0.29, 0.717) is 19.3 Å². The highest BCUT2D eigenvalue weighted by Crippen LogP contribution is 2.17. The van der Waals surface area contributed by atoms with Crippen LogP contribution in [0.3, 0.4) is 0 Å². The Morgan fingerprint density at radius 3 is 1.81 bits per heavy atom. The molecule has 2 rings (SSSR count). The summed E-state index contributed by atoms with van der Waals surface area (Å²) in [6.45, 7) is 3.78. The number of hydrogen-bond donors (Lipinski definition) is 0. The Balaban J connectivity index is 1.78. The molecule has 0 amide bonds. The molecule has 0 aromatic heterocycles. The molecule has 0 spiro atoms.